The van der Waals surface area contributed by atoms with Crippen LogP contribution in [0.4, 0.5) is 4.79 Å². The van der Waals surface area contributed by atoms with Crippen molar-refractivity contribution in [3.63, 3.8) is 0 Å². The molecule has 0 spiro atoms. The standard InChI is InChI=1S/C24H30N4O4/c1-16(2)20-19(21(29)31-15-18-11-8-7-9-12-18)17(3)26-22(27-14-10-13-25-27)28(20)23(30)32-24(4,5)6/h7-14,16,20H,15H2,1-6H3. The number of hydrogen-bond donors (Lipinski definition) is 0. The van der Waals surface area contributed by atoms with E-state index in [-0.39, 0.29) is 18.5 Å². The van der Waals surface area contributed by atoms with Gasteiger partial charge in [0.05, 0.1) is 17.3 Å². The first-order valence-electron chi connectivity index (χ1n) is 10.6. The third-order valence-corrected chi connectivity index (χ3v) is 4.81. The van der Waals surface area contributed by atoms with Crippen LogP contribution in [0.25, 0.3) is 0 Å². The molecule has 2 aromatic rings. The van der Waals surface area contributed by atoms with Gasteiger partial charge >= 0.3 is 12.1 Å². The Morgan fingerprint density at radius 3 is 2.38 bits per heavy atom. The highest BCUT2D eigenvalue weighted by atomic mass is 16.6. The highest BCUT2D eigenvalue weighted by Crippen LogP contribution is 2.31. The summed E-state index contributed by atoms with van der Waals surface area (Å²) in [5, 5.41) is 4.24. The van der Waals surface area contributed by atoms with Gasteiger partial charge in [-0.3, -0.25) is 0 Å². The minimum atomic E-state index is -0.724. The van der Waals surface area contributed by atoms with Crippen LogP contribution in [-0.4, -0.2) is 44.3 Å². The number of aliphatic imine (C=N–C) groups is 1. The minimum Gasteiger partial charge on any atom is -0.457 e. The van der Waals surface area contributed by atoms with Gasteiger partial charge in [0.25, 0.3) is 0 Å². The van der Waals surface area contributed by atoms with E-state index in [1.807, 2.05) is 44.2 Å². The predicted octanol–water partition coefficient (Wildman–Crippen LogP) is 4.38. The molecule has 8 heteroatoms. The summed E-state index contributed by atoms with van der Waals surface area (Å²) in [5.41, 5.74) is 0.961. The molecule has 1 aliphatic heterocycles. The van der Waals surface area contributed by atoms with Gasteiger partial charge in [-0.05, 0) is 45.2 Å². The molecule has 1 unspecified atom stereocenters. The van der Waals surface area contributed by atoms with E-state index in [9.17, 15) is 9.59 Å². The van der Waals surface area contributed by atoms with Crippen molar-refractivity contribution >= 4 is 18.0 Å². The third kappa shape index (κ3) is 5.25. The summed E-state index contributed by atoms with van der Waals surface area (Å²) in [6, 6.07) is 10.5. The molecule has 0 radical (unpaired) electrons. The van der Waals surface area contributed by atoms with E-state index in [1.165, 1.54) is 9.58 Å². The molecule has 1 atom stereocenters. The Hall–Kier alpha value is -3.42. The zero-order chi connectivity index (χ0) is 23.5. The van der Waals surface area contributed by atoms with E-state index in [1.54, 1.807) is 46.2 Å². The highest BCUT2D eigenvalue weighted by Gasteiger charge is 2.43. The molecule has 1 amide bonds. The van der Waals surface area contributed by atoms with Crippen molar-refractivity contribution in [2.45, 2.75) is 59.8 Å². The van der Waals surface area contributed by atoms with Gasteiger partial charge in [-0.2, -0.15) is 5.10 Å². The van der Waals surface area contributed by atoms with Crippen molar-refractivity contribution < 1.29 is 19.1 Å². The van der Waals surface area contributed by atoms with E-state index >= 15 is 0 Å². The molecule has 0 aliphatic carbocycles. The maximum atomic E-state index is 13.3. The molecule has 1 aliphatic rings. The number of rotatable bonds is 4. The largest absolute Gasteiger partial charge is 0.457 e. The van der Waals surface area contributed by atoms with Crippen LogP contribution in [0.1, 0.15) is 47.1 Å². The molecule has 8 nitrogen and oxygen atoms in total. The van der Waals surface area contributed by atoms with E-state index in [4.69, 9.17) is 9.47 Å². The number of carbonyl (C=O) groups excluding carboxylic acids is 2. The number of carbonyl (C=O) groups is 2. The summed E-state index contributed by atoms with van der Waals surface area (Å²) in [5.74, 6) is -0.361. The number of amides is 1. The molecular weight excluding hydrogens is 408 g/mol. The Kier molecular flexibility index (Phi) is 6.81. The number of aromatic nitrogens is 2. The summed E-state index contributed by atoms with van der Waals surface area (Å²) in [7, 11) is 0. The van der Waals surface area contributed by atoms with Gasteiger partial charge < -0.3 is 9.47 Å². The van der Waals surface area contributed by atoms with Crippen LogP contribution in [0.2, 0.25) is 0 Å². The van der Waals surface area contributed by atoms with E-state index in [2.05, 4.69) is 10.1 Å². The molecule has 0 N–H and O–H groups in total. The van der Waals surface area contributed by atoms with E-state index in [0.717, 1.165) is 5.56 Å². The summed E-state index contributed by atoms with van der Waals surface area (Å²) >= 11 is 0. The Morgan fingerprint density at radius 1 is 1.12 bits per heavy atom. The molecule has 0 bridgehead atoms. The minimum absolute atomic E-state index is 0.127. The number of nitrogens with zero attached hydrogens (tertiary/aromatic N) is 4. The van der Waals surface area contributed by atoms with Gasteiger partial charge in [-0.1, -0.05) is 44.2 Å². The summed E-state index contributed by atoms with van der Waals surface area (Å²) in [6.07, 6.45) is 2.69. The highest BCUT2D eigenvalue weighted by molar-refractivity contribution is 6.01. The molecule has 2 heterocycles. The fourth-order valence-corrected chi connectivity index (χ4v) is 3.49. The molecule has 0 fully saturated rings. The van der Waals surface area contributed by atoms with Gasteiger partial charge in [0, 0.05) is 12.4 Å². The van der Waals surface area contributed by atoms with E-state index < -0.39 is 23.7 Å². The quantitative estimate of drug-likeness (QED) is 0.661. The van der Waals surface area contributed by atoms with Crippen molar-refractivity contribution in [2.75, 3.05) is 0 Å². The van der Waals surface area contributed by atoms with Crippen molar-refractivity contribution in [1.82, 2.24) is 14.7 Å². The number of hydrogen-bond acceptors (Lipinski definition) is 6. The average molecular weight is 439 g/mol. The maximum absolute atomic E-state index is 13.3. The maximum Gasteiger partial charge on any atom is 0.417 e. The first-order chi connectivity index (χ1) is 15.1. The topological polar surface area (TPSA) is 86.0 Å². The summed E-state index contributed by atoms with van der Waals surface area (Å²) in [6.45, 7) is 11.1. The van der Waals surface area contributed by atoms with Gasteiger partial charge in [0.2, 0.25) is 5.96 Å². The van der Waals surface area contributed by atoms with Crippen LogP contribution in [-0.2, 0) is 20.9 Å². The number of benzene rings is 1. The zero-order valence-electron chi connectivity index (χ0n) is 19.4. The normalized spacial score (nSPS) is 16.8. The molecule has 1 aromatic heterocycles. The van der Waals surface area contributed by atoms with Crippen LogP contribution in [0, 0.1) is 5.92 Å². The average Bonchev–Trinajstić information content (AvgIpc) is 3.25. The van der Waals surface area contributed by atoms with E-state index in [0.29, 0.717) is 11.3 Å². The smallest absolute Gasteiger partial charge is 0.417 e. The fraction of sp³-hybridized carbons (Fsp3) is 0.417. The zero-order valence-corrected chi connectivity index (χ0v) is 19.4. The van der Waals surface area contributed by atoms with Crippen LogP contribution in [0.5, 0.6) is 0 Å². The lowest BCUT2D eigenvalue weighted by atomic mass is 9.92. The second-order valence-corrected chi connectivity index (χ2v) is 8.96. The monoisotopic (exact) mass is 438 g/mol. The van der Waals surface area contributed by atoms with Crippen LogP contribution in [0.15, 0.2) is 65.1 Å². The number of allylic oxidation sites excluding steroid dienone is 1. The lowest BCUT2D eigenvalue weighted by molar-refractivity contribution is -0.141. The second kappa shape index (κ2) is 9.38. The first-order valence-corrected chi connectivity index (χ1v) is 10.6. The lowest BCUT2D eigenvalue weighted by Gasteiger charge is -2.39. The van der Waals surface area contributed by atoms with Gasteiger partial charge in [-0.15, -0.1) is 0 Å². The molecule has 3 rings (SSSR count). The first kappa shape index (κ1) is 23.2. The number of esters is 1. The Labute approximate surface area is 188 Å². The van der Waals surface area contributed by atoms with Crippen molar-refractivity contribution in [2.24, 2.45) is 10.9 Å². The summed E-state index contributed by atoms with van der Waals surface area (Å²) in [4.78, 5) is 32.5. The van der Waals surface area contributed by atoms with Crippen LogP contribution < -0.4 is 0 Å². The van der Waals surface area contributed by atoms with Crippen LogP contribution in [0.3, 0.4) is 0 Å². The van der Waals surface area contributed by atoms with Gasteiger partial charge in [0.1, 0.15) is 12.2 Å². The molecule has 0 saturated heterocycles. The predicted molar refractivity (Wildman–Crippen MR) is 121 cm³/mol. The molecule has 1 aromatic carbocycles. The fourth-order valence-electron chi connectivity index (χ4n) is 3.49. The number of ether oxygens (including phenoxy) is 2. The molecule has 170 valence electrons. The summed E-state index contributed by atoms with van der Waals surface area (Å²) < 4.78 is 12.8. The molecule has 0 saturated carbocycles. The molecular formula is C24H30N4O4. The molecule has 32 heavy (non-hydrogen) atoms. The van der Waals surface area contributed by atoms with Crippen molar-refractivity contribution in [1.29, 1.82) is 0 Å². The van der Waals surface area contributed by atoms with Crippen LogP contribution >= 0.6 is 0 Å². The van der Waals surface area contributed by atoms with Crippen molar-refractivity contribution in [3.8, 4) is 0 Å². The van der Waals surface area contributed by atoms with Crippen molar-refractivity contribution in [3.05, 3.63) is 65.6 Å². The van der Waals surface area contributed by atoms with Gasteiger partial charge in [0.15, 0.2) is 0 Å². The SMILES string of the molecule is CC1=C(C(=O)OCc2ccccc2)C(C(C)C)N(C(=O)OC(C)(C)C)C(n2cccn2)=N1. The Bertz CT molecular complexity index is 1020. The Balaban J connectivity index is 2.01. The van der Waals surface area contributed by atoms with Gasteiger partial charge in [-0.25, -0.2) is 24.2 Å². The second-order valence-electron chi connectivity index (χ2n) is 8.96. The third-order valence-electron chi connectivity index (χ3n) is 4.81. The lowest BCUT2D eigenvalue weighted by Crippen LogP contribution is -2.55. The Morgan fingerprint density at radius 2 is 1.81 bits per heavy atom.